The van der Waals surface area contributed by atoms with Crippen LogP contribution in [-0.2, 0) is 11.2 Å². The fourth-order valence-corrected chi connectivity index (χ4v) is 2.63. The summed E-state index contributed by atoms with van der Waals surface area (Å²) in [6.07, 6.45) is 3.93. The first-order chi connectivity index (χ1) is 12.2. The zero-order valence-corrected chi connectivity index (χ0v) is 14.0. The van der Waals surface area contributed by atoms with E-state index < -0.39 is 5.97 Å². The molecular weight excluding hydrogens is 318 g/mol. The van der Waals surface area contributed by atoms with Crippen LogP contribution in [0.3, 0.4) is 0 Å². The molecule has 0 aliphatic carbocycles. The smallest absolute Gasteiger partial charge is 0.376 e. The van der Waals surface area contributed by atoms with Gasteiger partial charge >= 0.3 is 5.97 Å². The van der Waals surface area contributed by atoms with Crippen molar-refractivity contribution in [2.24, 2.45) is 0 Å². The van der Waals surface area contributed by atoms with Crippen LogP contribution in [0.15, 0.2) is 41.1 Å². The van der Waals surface area contributed by atoms with Gasteiger partial charge in [0.2, 0.25) is 5.76 Å². The fourth-order valence-electron chi connectivity index (χ4n) is 2.63. The van der Waals surface area contributed by atoms with Crippen molar-refractivity contribution in [3.05, 3.63) is 53.5 Å². The summed E-state index contributed by atoms with van der Waals surface area (Å²) in [6.45, 7) is 4.00. The Bertz CT molecular complexity index is 970. The van der Waals surface area contributed by atoms with Gasteiger partial charge in [0.15, 0.2) is 5.58 Å². The highest BCUT2D eigenvalue weighted by Crippen LogP contribution is 2.34. The average Bonchev–Trinajstić information content (AvgIpc) is 3.01. The Balaban J connectivity index is 2.10. The van der Waals surface area contributed by atoms with Crippen LogP contribution in [0, 0.1) is 11.3 Å². The standard InChI is InChI=1S/C19H17N3O3/c1-3-13-9-12(10-20)5-6-15(13)22-17-14-7-8-21-11-16(14)25-18(17)19(23)24-4-2/h5-9,11,22H,3-4H2,1-2H3. The van der Waals surface area contributed by atoms with Crippen LogP contribution in [0.4, 0.5) is 11.4 Å². The second kappa shape index (κ2) is 7.05. The Kier molecular flexibility index (Phi) is 4.66. The van der Waals surface area contributed by atoms with E-state index in [2.05, 4.69) is 16.4 Å². The van der Waals surface area contributed by atoms with E-state index in [1.165, 1.54) is 0 Å². The Labute approximate surface area is 145 Å². The Morgan fingerprint density at radius 2 is 2.20 bits per heavy atom. The molecule has 1 N–H and O–H groups in total. The lowest BCUT2D eigenvalue weighted by molar-refractivity contribution is 0.0494. The molecule has 25 heavy (non-hydrogen) atoms. The fraction of sp³-hybridized carbons (Fsp3) is 0.211. The average molecular weight is 335 g/mol. The molecule has 2 aromatic heterocycles. The molecule has 0 aliphatic rings. The van der Waals surface area contributed by atoms with Crippen molar-refractivity contribution < 1.29 is 13.9 Å². The lowest BCUT2D eigenvalue weighted by Gasteiger charge is -2.11. The number of esters is 1. The van der Waals surface area contributed by atoms with Gasteiger partial charge in [-0.1, -0.05) is 6.92 Å². The minimum absolute atomic E-state index is 0.108. The second-order valence-electron chi connectivity index (χ2n) is 5.36. The number of ether oxygens (including phenoxy) is 1. The van der Waals surface area contributed by atoms with E-state index in [4.69, 9.17) is 14.4 Å². The molecule has 0 atom stereocenters. The van der Waals surface area contributed by atoms with Gasteiger partial charge in [0, 0.05) is 17.3 Å². The van der Waals surface area contributed by atoms with Gasteiger partial charge in [-0.25, -0.2) is 4.79 Å². The maximum Gasteiger partial charge on any atom is 0.376 e. The summed E-state index contributed by atoms with van der Waals surface area (Å²) in [4.78, 5) is 16.3. The predicted octanol–water partition coefficient (Wildman–Crippen LogP) is 4.18. The molecule has 6 nitrogen and oxygen atoms in total. The monoisotopic (exact) mass is 335 g/mol. The van der Waals surface area contributed by atoms with Gasteiger partial charge in [-0.05, 0) is 43.2 Å². The maximum absolute atomic E-state index is 12.3. The molecule has 0 aliphatic heterocycles. The third-order valence-electron chi connectivity index (χ3n) is 3.83. The summed E-state index contributed by atoms with van der Waals surface area (Å²) in [7, 11) is 0. The van der Waals surface area contributed by atoms with Crippen LogP contribution in [0.1, 0.15) is 35.5 Å². The van der Waals surface area contributed by atoms with Crippen molar-refractivity contribution >= 4 is 28.3 Å². The SMILES string of the molecule is CCOC(=O)c1oc2cnccc2c1Nc1ccc(C#N)cc1CC. The minimum atomic E-state index is -0.534. The van der Waals surface area contributed by atoms with Gasteiger partial charge in [-0.3, -0.25) is 4.98 Å². The van der Waals surface area contributed by atoms with E-state index in [1.54, 1.807) is 31.5 Å². The number of rotatable bonds is 5. The molecule has 6 heteroatoms. The summed E-state index contributed by atoms with van der Waals surface area (Å²) in [5.74, 6) is -0.427. The third kappa shape index (κ3) is 3.17. The molecule has 0 fully saturated rings. The van der Waals surface area contributed by atoms with E-state index in [-0.39, 0.29) is 12.4 Å². The largest absolute Gasteiger partial charge is 0.460 e. The molecule has 126 valence electrons. The van der Waals surface area contributed by atoms with Crippen molar-refractivity contribution in [3.8, 4) is 6.07 Å². The van der Waals surface area contributed by atoms with Gasteiger partial charge in [-0.2, -0.15) is 5.26 Å². The van der Waals surface area contributed by atoms with Crippen LogP contribution in [0.5, 0.6) is 0 Å². The first kappa shape index (κ1) is 16.5. The predicted molar refractivity (Wildman–Crippen MR) is 93.8 cm³/mol. The molecule has 3 rings (SSSR count). The van der Waals surface area contributed by atoms with E-state index in [1.807, 2.05) is 19.1 Å². The summed E-state index contributed by atoms with van der Waals surface area (Å²) < 4.78 is 10.7. The van der Waals surface area contributed by atoms with Crippen LogP contribution in [0.25, 0.3) is 11.0 Å². The van der Waals surface area contributed by atoms with Crippen molar-refractivity contribution in [2.45, 2.75) is 20.3 Å². The number of anilines is 2. The number of pyridine rings is 1. The summed E-state index contributed by atoms with van der Waals surface area (Å²) in [5, 5.41) is 13.1. The Hall–Kier alpha value is -3.33. The molecule has 0 radical (unpaired) electrons. The van der Waals surface area contributed by atoms with Gasteiger partial charge in [-0.15, -0.1) is 0 Å². The lowest BCUT2D eigenvalue weighted by Crippen LogP contribution is -2.06. The molecule has 3 aromatic rings. The molecular formula is C19H17N3O3. The number of carbonyl (C=O) groups is 1. The molecule has 0 spiro atoms. The number of hydrogen-bond acceptors (Lipinski definition) is 6. The van der Waals surface area contributed by atoms with Crippen molar-refractivity contribution in [2.75, 3.05) is 11.9 Å². The minimum Gasteiger partial charge on any atom is -0.460 e. The summed E-state index contributed by atoms with van der Waals surface area (Å²) >= 11 is 0. The first-order valence-corrected chi connectivity index (χ1v) is 8.01. The van der Waals surface area contributed by atoms with Gasteiger partial charge in [0.1, 0.15) is 5.69 Å². The zero-order chi connectivity index (χ0) is 17.8. The number of nitriles is 1. The number of furan rings is 1. The van der Waals surface area contributed by atoms with Crippen LogP contribution >= 0.6 is 0 Å². The van der Waals surface area contributed by atoms with Crippen molar-refractivity contribution in [1.29, 1.82) is 5.26 Å². The molecule has 0 saturated carbocycles. The Morgan fingerprint density at radius 3 is 2.92 bits per heavy atom. The van der Waals surface area contributed by atoms with Gasteiger partial charge in [0.25, 0.3) is 0 Å². The summed E-state index contributed by atoms with van der Waals surface area (Å²) in [5.41, 5.74) is 3.41. The van der Waals surface area contributed by atoms with Crippen LogP contribution in [0.2, 0.25) is 0 Å². The number of aromatic nitrogens is 1. The van der Waals surface area contributed by atoms with E-state index in [9.17, 15) is 4.79 Å². The second-order valence-corrected chi connectivity index (χ2v) is 5.36. The van der Waals surface area contributed by atoms with E-state index in [0.29, 0.717) is 16.8 Å². The normalized spacial score (nSPS) is 10.4. The number of carbonyl (C=O) groups excluding carboxylic acids is 1. The third-order valence-corrected chi connectivity index (χ3v) is 3.83. The highest BCUT2D eigenvalue weighted by atomic mass is 16.5. The number of nitrogens with zero attached hydrogens (tertiary/aromatic N) is 2. The molecule has 0 saturated heterocycles. The number of benzene rings is 1. The molecule has 1 aromatic carbocycles. The van der Waals surface area contributed by atoms with Crippen molar-refractivity contribution in [3.63, 3.8) is 0 Å². The number of hydrogen-bond donors (Lipinski definition) is 1. The highest BCUT2D eigenvalue weighted by molar-refractivity contribution is 6.05. The van der Waals surface area contributed by atoms with Crippen LogP contribution in [-0.4, -0.2) is 17.6 Å². The van der Waals surface area contributed by atoms with Gasteiger partial charge < -0.3 is 14.5 Å². The molecule has 0 bridgehead atoms. The zero-order valence-electron chi connectivity index (χ0n) is 14.0. The quantitative estimate of drug-likeness (QED) is 0.704. The summed E-state index contributed by atoms with van der Waals surface area (Å²) in [6, 6.07) is 9.30. The highest BCUT2D eigenvalue weighted by Gasteiger charge is 2.22. The topological polar surface area (TPSA) is 88.2 Å². The first-order valence-electron chi connectivity index (χ1n) is 8.01. The van der Waals surface area contributed by atoms with E-state index in [0.717, 1.165) is 23.1 Å². The number of aryl methyl sites for hydroxylation is 1. The molecule has 0 unspecified atom stereocenters. The van der Waals surface area contributed by atoms with Gasteiger partial charge in [0.05, 0.1) is 24.4 Å². The van der Waals surface area contributed by atoms with Crippen LogP contribution < -0.4 is 5.32 Å². The lowest BCUT2D eigenvalue weighted by atomic mass is 10.1. The van der Waals surface area contributed by atoms with Crippen molar-refractivity contribution in [1.82, 2.24) is 4.98 Å². The number of nitrogens with one attached hydrogen (secondary N) is 1. The number of fused-ring (bicyclic) bond motifs is 1. The maximum atomic E-state index is 12.3. The Morgan fingerprint density at radius 1 is 1.36 bits per heavy atom. The van der Waals surface area contributed by atoms with E-state index >= 15 is 0 Å². The molecule has 0 amide bonds. The molecule has 2 heterocycles.